The van der Waals surface area contributed by atoms with E-state index < -0.39 is 0 Å². The van der Waals surface area contributed by atoms with Gasteiger partial charge in [0.1, 0.15) is 0 Å². The summed E-state index contributed by atoms with van der Waals surface area (Å²) in [5, 5.41) is 3.04. The zero-order chi connectivity index (χ0) is 15.9. The molecule has 1 unspecified atom stereocenters. The average molecular weight is 295 g/mol. The van der Waals surface area contributed by atoms with Crippen LogP contribution in [0, 0.1) is 5.92 Å². The first kappa shape index (κ1) is 16.3. The Hall–Kier alpha value is -2.09. The van der Waals surface area contributed by atoms with Crippen LogP contribution in [0.1, 0.15) is 38.7 Å². The maximum atomic E-state index is 12.3. The molecule has 0 saturated carbocycles. The SMILES string of the molecule is CCC(C(=O)NCC(C)C)c1ccc(-c2ccccc2)cc1. The van der Waals surface area contributed by atoms with E-state index in [0.29, 0.717) is 5.92 Å². The molecule has 0 radical (unpaired) electrons. The van der Waals surface area contributed by atoms with Crippen LogP contribution in [0.15, 0.2) is 54.6 Å². The molecule has 0 saturated heterocycles. The van der Waals surface area contributed by atoms with Crippen molar-refractivity contribution in [3.05, 3.63) is 60.2 Å². The third-order valence-corrected chi connectivity index (χ3v) is 3.83. The first-order valence-electron chi connectivity index (χ1n) is 8.05. The van der Waals surface area contributed by atoms with Gasteiger partial charge >= 0.3 is 0 Å². The number of amides is 1. The van der Waals surface area contributed by atoms with Gasteiger partial charge in [-0.05, 0) is 29.0 Å². The van der Waals surface area contributed by atoms with Gasteiger partial charge in [-0.15, -0.1) is 0 Å². The molecule has 0 aliphatic carbocycles. The molecular weight excluding hydrogens is 270 g/mol. The van der Waals surface area contributed by atoms with E-state index in [4.69, 9.17) is 0 Å². The summed E-state index contributed by atoms with van der Waals surface area (Å²) in [6.07, 6.45) is 0.814. The van der Waals surface area contributed by atoms with Gasteiger partial charge in [0.05, 0.1) is 5.92 Å². The van der Waals surface area contributed by atoms with Crippen LogP contribution in [0.4, 0.5) is 0 Å². The fourth-order valence-electron chi connectivity index (χ4n) is 2.54. The van der Waals surface area contributed by atoms with E-state index in [1.54, 1.807) is 0 Å². The summed E-state index contributed by atoms with van der Waals surface area (Å²) in [6, 6.07) is 18.6. The Morgan fingerprint density at radius 3 is 2.09 bits per heavy atom. The monoisotopic (exact) mass is 295 g/mol. The molecule has 0 spiro atoms. The first-order valence-corrected chi connectivity index (χ1v) is 8.05. The molecule has 1 N–H and O–H groups in total. The van der Waals surface area contributed by atoms with Crippen molar-refractivity contribution in [1.82, 2.24) is 5.32 Å². The number of carbonyl (C=O) groups is 1. The lowest BCUT2D eigenvalue weighted by Gasteiger charge is -2.17. The Morgan fingerprint density at radius 2 is 1.55 bits per heavy atom. The fraction of sp³-hybridized carbons (Fsp3) is 0.350. The molecule has 2 nitrogen and oxygen atoms in total. The highest BCUT2D eigenvalue weighted by molar-refractivity contribution is 5.83. The van der Waals surface area contributed by atoms with Crippen molar-refractivity contribution in [1.29, 1.82) is 0 Å². The molecule has 0 aliphatic heterocycles. The topological polar surface area (TPSA) is 29.1 Å². The van der Waals surface area contributed by atoms with Gasteiger partial charge in [-0.2, -0.15) is 0 Å². The van der Waals surface area contributed by atoms with Crippen molar-refractivity contribution >= 4 is 5.91 Å². The lowest BCUT2D eigenvalue weighted by atomic mass is 9.93. The van der Waals surface area contributed by atoms with Gasteiger partial charge < -0.3 is 5.32 Å². The highest BCUT2D eigenvalue weighted by atomic mass is 16.1. The normalized spacial score (nSPS) is 12.2. The van der Waals surface area contributed by atoms with Crippen LogP contribution in [0.2, 0.25) is 0 Å². The molecule has 116 valence electrons. The Morgan fingerprint density at radius 1 is 0.955 bits per heavy atom. The molecule has 1 atom stereocenters. The molecule has 2 aromatic carbocycles. The largest absolute Gasteiger partial charge is 0.355 e. The second kappa shape index (κ2) is 7.79. The maximum absolute atomic E-state index is 12.3. The van der Waals surface area contributed by atoms with Gasteiger partial charge in [0.15, 0.2) is 0 Å². The second-order valence-electron chi connectivity index (χ2n) is 6.09. The van der Waals surface area contributed by atoms with E-state index in [0.717, 1.165) is 18.5 Å². The summed E-state index contributed by atoms with van der Waals surface area (Å²) < 4.78 is 0. The summed E-state index contributed by atoms with van der Waals surface area (Å²) in [7, 11) is 0. The quantitative estimate of drug-likeness (QED) is 0.827. The van der Waals surface area contributed by atoms with Crippen molar-refractivity contribution in [2.24, 2.45) is 5.92 Å². The van der Waals surface area contributed by atoms with E-state index in [1.807, 2.05) is 18.2 Å². The number of hydrogen-bond acceptors (Lipinski definition) is 1. The Balaban J connectivity index is 2.12. The van der Waals surface area contributed by atoms with E-state index in [-0.39, 0.29) is 11.8 Å². The van der Waals surface area contributed by atoms with Crippen molar-refractivity contribution in [3.8, 4) is 11.1 Å². The molecule has 22 heavy (non-hydrogen) atoms. The maximum Gasteiger partial charge on any atom is 0.227 e. The molecular formula is C20H25NO. The summed E-state index contributed by atoms with van der Waals surface area (Å²) in [6.45, 7) is 7.01. The Bertz CT molecular complexity index is 587. The van der Waals surface area contributed by atoms with Crippen molar-refractivity contribution in [3.63, 3.8) is 0 Å². The predicted molar refractivity (Wildman–Crippen MR) is 92.8 cm³/mol. The third kappa shape index (κ3) is 4.20. The van der Waals surface area contributed by atoms with Crippen molar-refractivity contribution in [2.75, 3.05) is 6.54 Å². The standard InChI is InChI=1S/C20H25NO/c1-4-19(20(22)21-14-15(2)3)18-12-10-17(11-13-18)16-8-6-5-7-9-16/h5-13,15,19H,4,14H2,1-3H3,(H,21,22). The van der Waals surface area contributed by atoms with Crippen LogP contribution in [-0.4, -0.2) is 12.5 Å². The number of nitrogens with one attached hydrogen (secondary N) is 1. The minimum atomic E-state index is -0.0661. The van der Waals surface area contributed by atoms with Crippen LogP contribution < -0.4 is 5.32 Å². The third-order valence-electron chi connectivity index (χ3n) is 3.83. The summed E-state index contributed by atoms with van der Waals surface area (Å²) in [5.41, 5.74) is 3.47. The van der Waals surface area contributed by atoms with Crippen molar-refractivity contribution < 1.29 is 4.79 Å². The van der Waals surface area contributed by atoms with Crippen LogP contribution in [0.3, 0.4) is 0 Å². The minimum Gasteiger partial charge on any atom is -0.355 e. The fourth-order valence-corrected chi connectivity index (χ4v) is 2.54. The molecule has 0 bridgehead atoms. The van der Waals surface area contributed by atoms with Crippen LogP contribution in [0.5, 0.6) is 0 Å². The number of rotatable bonds is 6. The van der Waals surface area contributed by atoms with Gasteiger partial charge in [-0.1, -0.05) is 75.4 Å². The molecule has 0 heterocycles. The highest BCUT2D eigenvalue weighted by Gasteiger charge is 2.18. The van der Waals surface area contributed by atoms with E-state index in [2.05, 4.69) is 62.5 Å². The minimum absolute atomic E-state index is 0.0661. The van der Waals surface area contributed by atoms with E-state index in [9.17, 15) is 4.79 Å². The molecule has 0 aliphatic rings. The lowest BCUT2D eigenvalue weighted by molar-refractivity contribution is -0.122. The number of carbonyl (C=O) groups excluding carboxylic acids is 1. The Labute approximate surface area is 133 Å². The van der Waals surface area contributed by atoms with Gasteiger partial charge in [0.25, 0.3) is 0 Å². The zero-order valence-electron chi connectivity index (χ0n) is 13.7. The van der Waals surface area contributed by atoms with Crippen LogP contribution in [0.25, 0.3) is 11.1 Å². The summed E-state index contributed by atoms with van der Waals surface area (Å²) in [4.78, 5) is 12.3. The first-order chi connectivity index (χ1) is 10.6. The van der Waals surface area contributed by atoms with Gasteiger partial charge in [0, 0.05) is 6.54 Å². The summed E-state index contributed by atoms with van der Waals surface area (Å²) >= 11 is 0. The molecule has 2 heteroatoms. The van der Waals surface area contributed by atoms with E-state index >= 15 is 0 Å². The molecule has 0 aromatic heterocycles. The highest BCUT2D eigenvalue weighted by Crippen LogP contribution is 2.24. The number of benzene rings is 2. The summed E-state index contributed by atoms with van der Waals surface area (Å²) in [5.74, 6) is 0.536. The van der Waals surface area contributed by atoms with Crippen LogP contribution in [-0.2, 0) is 4.79 Å². The van der Waals surface area contributed by atoms with Gasteiger partial charge in [0.2, 0.25) is 5.91 Å². The smallest absolute Gasteiger partial charge is 0.227 e. The Kier molecular flexibility index (Phi) is 5.76. The lowest BCUT2D eigenvalue weighted by Crippen LogP contribution is -2.32. The van der Waals surface area contributed by atoms with Gasteiger partial charge in [-0.3, -0.25) is 4.79 Å². The van der Waals surface area contributed by atoms with E-state index in [1.165, 1.54) is 11.1 Å². The molecule has 1 amide bonds. The van der Waals surface area contributed by atoms with Gasteiger partial charge in [-0.25, -0.2) is 0 Å². The second-order valence-corrected chi connectivity index (χ2v) is 6.09. The molecule has 0 fully saturated rings. The average Bonchev–Trinajstić information content (AvgIpc) is 2.55. The predicted octanol–water partition coefficient (Wildman–Crippen LogP) is 4.62. The number of hydrogen-bond donors (Lipinski definition) is 1. The molecule has 2 aromatic rings. The van der Waals surface area contributed by atoms with Crippen molar-refractivity contribution in [2.45, 2.75) is 33.1 Å². The van der Waals surface area contributed by atoms with Crippen LogP contribution >= 0.6 is 0 Å². The zero-order valence-corrected chi connectivity index (χ0v) is 13.7. The molecule has 2 rings (SSSR count).